The molecule has 0 saturated carbocycles. The zero-order chi connectivity index (χ0) is 16.4. The summed E-state index contributed by atoms with van der Waals surface area (Å²) >= 11 is 7.54. The molecule has 0 spiro atoms. The lowest BCUT2D eigenvalue weighted by atomic mass is 10.2. The third-order valence-corrected chi connectivity index (χ3v) is 4.63. The number of aromatic nitrogens is 2. The van der Waals surface area contributed by atoms with Crippen LogP contribution < -0.4 is 5.32 Å². The smallest absolute Gasteiger partial charge is 0.257 e. The summed E-state index contributed by atoms with van der Waals surface area (Å²) in [6, 6.07) is 8.77. The van der Waals surface area contributed by atoms with Crippen molar-refractivity contribution in [1.82, 2.24) is 10.2 Å². The van der Waals surface area contributed by atoms with E-state index in [0.29, 0.717) is 34.5 Å². The highest BCUT2D eigenvalue weighted by Gasteiger charge is 2.16. The molecule has 0 aliphatic heterocycles. The van der Waals surface area contributed by atoms with Crippen LogP contribution in [0.2, 0.25) is 5.02 Å². The van der Waals surface area contributed by atoms with Crippen LogP contribution in [0, 0.1) is 6.92 Å². The van der Waals surface area contributed by atoms with Gasteiger partial charge in [-0.1, -0.05) is 30.7 Å². The minimum Gasteiger partial charge on any atom is -0.420 e. The average Bonchev–Trinajstić information content (AvgIpc) is 3.15. The lowest BCUT2D eigenvalue weighted by Crippen LogP contribution is -2.12. The van der Waals surface area contributed by atoms with Gasteiger partial charge < -0.3 is 9.73 Å². The summed E-state index contributed by atoms with van der Waals surface area (Å²) in [5.74, 6) is 0.809. The predicted octanol–water partition coefficient (Wildman–Crippen LogP) is 4.57. The molecular weight excluding hydrogens is 334 g/mol. The van der Waals surface area contributed by atoms with Gasteiger partial charge in [0, 0.05) is 11.3 Å². The van der Waals surface area contributed by atoms with Gasteiger partial charge in [-0.15, -0.1) is 21.5 Å². The largest absolute Gasteiger partial charge is 0.420 e. The van der Waals surface area contributed by atoms with Gasteiger partial charge in [0.15, 0.2) is 0 Å². The van der Waals surface area contributed by atoms with E-state index in [-0.39, 0.29) is 5.91 Å². The van der Waals surface area contributed by atoms with Gasteiger partial charge in [-0.05, 0) is 25.1 Å². The highest BCUT2D eigenvalue weighted by Crippen LogP contribution is 2.34. The van der Waals surface area contributed by atoms with Gasteiger partial charge >= 0.3 is 0 Å². The van der Waals surface area contributed by atoms with Gasteiger partial charge in [-0.2, -0.15) is 0 Å². The fourth-order valence-electron chi connectivity index (χ4n) is 2.04. The zero-order valence-electron chi connectivity index (χ0n) is 12.6. The summed E-state index contributed by atoms with van der Waals surface area (Å²) in [4.78, 5) is 14.1. The van der Waals surface area contributed by atoms with E-state index in [1.165, 1.54) is 11.3 Å². The Hall–Kier alpha value is -2.18. The Morgan fingerprint density at radius 3 is 2.83 bits per heavy atom. The fraction of sp³-hybridized carbons (Fsp3) is 0.188. The number of anilines is 1. The summed E-state index contributed by atoms with van der Waals surface area (Å²) in [6.45, 7) is 3.87. The Morgan fingerprint density at radius 1 is 1.35 bits per heavy atom. The van der Waals surface area contributed by atoms with Crippen molar-refractivity contribution in [2.24, 2.45) is 0 Å². The third-order valence-electron chi connectivity index (χ3n) is 3.26. The fourth-order valence-corrected chi connectivity index (χ4v) is 3.16. The minimum absolute atomic E-state index is 0.247. The number of carbonyl (C=O) groups is 1. The Bertz CT molecular complexity index is 857. The normalized spacial score (nSPS) is 10.7. The molecule has 0 fully saturated rings. The second kappa shape index (κ2) is 6.52. The number of nitrogens with zero attached hydrogens (tertiary/aromatic N) is 2. The van der Waals surface area contributed by atoms with Gasteiger partial charge in [-0.3, -0.25) is 4.79 Å². The van der Waals surface area contributed by atoms with Crippen LogP contribution in [0.25, 0.3) is 10.8 Å². The van der Waals surface area contributed by atoms with E-state index in [1.807, 2.05) is 19.9 Å². The number of hydrogen-bond acceptors (Lipinski definition) is 5. The van der Waals surface area contributed by atoms with Crippen molar-refractivity contribution in [3.05, 3.63) is 51.7 Å². The Kier molecular flexibility index (Phi) is 4.45. The Morgan fingerprint density at radius 2 is 2.13 bits per heavy atom. The molecule has 0 radical (unpaired) electrons. The van der Waals surface area contributed by atoms with Crippen LogP contribution in [0.4, 0.5) is 5.69 Å². The number of amides is 1. The summed E-state index contributed by atoms with van der Waals surface area (Å²) < 4.78 is 5.55. The average molecular weight is 348 g/mol. The van der Waals surface area contributed by atoms with Crippen LogP contribution in [0.5, 0.6) is 0 Å². The van der Waals surface area contributed by atoms with Gasteiger partial charge in [0.25, 0.3) is 11.8 Å². The molecule has 3 rings (SSSR count). The van der Waals surface area contributed by atoms with Crippen molar-refractivity contribution in [2.75, 3.05) is 5.32 Å². The van der Waals surface area contributed by atoms with E-state index in [1.54, 1.807) is 24.3 Å². The number of benzene rings is 1. The summed E-state index contributed by atoms with van der Waals surface area (Å²) in [7, 11) is 0. The first-order chi connectivity index (χ1) is 11.1. The molecule has 5 nitrogen and oxygen atoms in total. The van der Waals surface area contributed by atoms with E-state index in [4.69, 9.17) is 16.0 Å². The lowest BCUT2D eigenvalue weighted by molar-refractivity contribution is 0.102. The molecule has 0 atom stereocenters. The first-order valence-electron chi connectivity index (χ1n) is 7.07. The van der Waals surface area contributed by atoms with Crippen molar-refractivity contribution in [1.29, 1.82) is 0 Å². The van der Waals surface area contributed by atoms with E-state index in [2.05, 4.69) is 15.5 Å². The van der Waals surface area contributed by atoms with Gasteiger partial charge in [0.1, 0.15) is 0 Å². The van der Waals surface area contributed by atoms with E-state index >= 15 is 0 Å². The summed E-state index contributed by atoms with van der Waals surface area (Å²) in [5.41, 5.74) is 1.15. The number of thiophene rings is 1. The quantitative estimate of drug-likeness (QED) is 0.750. The molecule has 0 aliphatic carbocycles. The molecule has 1 aromatic carbocycles. The summed E-state index contributed by atoms with van der Waals surface area (Å²) in [5, 5.41) is 11.3. The van der Waals surface area contributed by atoms with Crippen molar-refractivity contribution in [3.63, 3.8) is 0 Å². The summed E-state index contributed by atoms with van der Waals surface area (Å²) in [6.07, 6.45) is 0.688. The molecule has 7 heteroatoms. The van der Waals surface area contributed by atoms with Gasteiger partial charge in [0.05, 0.1) is 21.2 Å². The maximum Gasteiger partial charge on any atom is 0.257 e. The number of halogens is 1. The topological polar surface area (TPSA) is 68.0 Å². The van der Waals surface area contributed by atoms with Crippen LogP contribution >= 0.6 is 22.9 Å². The molecule has 3 aromatic rings. The zero-order valence-corrected chi connectivity index (χ0v) is 14.2. The molecule has 0 unspecified atom stereocenters. The lowest BCUT2D eigenvalue weighted by Gasteiger charge is -2.05. The van der Waals surface area contributed by atoms with E-state index < -0.39 is 0 Å². The SMILES string of the molecule is CCc1nnc(-c2cc(NC(=O)c3ccccc3Cl)c(C)s2)o1. The Labute approximate surface area is 142 Å². The molecule has 1 amide bonds. The van der Waals surface area contributed by atoms with Crippen molar-refractivity contribution >= 4 is 34.5 Å². The molecule has 2 aromatic heterocycles. The number of nitrogens with one attached hydrogen (secondary N) is 1. The second-order valence-electron chi connectivity index (χ2n) is 4.87. The number of rotatable bonds is 4. The van der Waals surface area contributed by atoms with Crippen LogP contribution in [0.1, 0.15) is 28.0 Å². The molecule has 1 N–H and O–H groups in total. The molecule has 0 saturated heterocycles. The van der Waals surface area contributed by atoms with Crippen LogP contribution in [-0.2, 0) is 6.42 Å². The highest BCUT2D eigenvalue weighted by atomic mass is 35.5. The first-order valence-corrected chi connectivity index (χ1v) is 8.27. The Balaban J connectivity index is 1.84. The first kappa shape index (κ1) is 15.7. The maximum absolute atomic E-state index is 12.3. The molecule has 2 heterocycles. The molecule has 0 aliphatic rings. The van der Waals surface area contributed by atoms with Crippen molar-refractivity contribution in [3.8, 4) is 10.8 Å². The standard InChI is InChI=1S/C16H14ClN3O2S/c1-3-14-19-20-16(22-14)13-8-12(9(2)23-13)18-15(21)10-6-4-5-7-11(10)17/h4-8H,3H2,1-2H3,(H,18,21). The van der Waals surface area contributed by atoms with Gasteiger partial charge in [-0.25, -0.2) is 0 Å². The molecule has 23 heavy (non-hydrogen) atoms. The van der Waals surface area contributed by atoms with Crippen LogP contribution in [0.15, 0.2) is 34.7 Å². The van der Waals surface area contributed by atoms with Crippen molar-refractivity contribution in [2.45, 2.75) is 20.3 Å². The van der Waals surface area contributed by atoms with E-state index in [0.717, 1.165) is 9.75 Å². The van der Waals surface area contributed by atoms with Crippen molar-refractivity contribution < 1.29 is 9.21 Å². The monoisotopic (exact) mass is 347 g/mol. The second-order valence-corrected chi connectivity index (χ2v) is 6.53. The highest BCUT2D eigenvalue weighted by molar-refractivity contribution is 7.15. The van der Waals surface area contributed by atoms with Gasteiger partial charge in [0.2, 0.25) is 5.89 Å². The van der Waals surface area contributed by atoms with Crippen LogP contribution in [0.3, 0.4) is 0 Å². The number of carbonyl (C=O) groups excluding carboxylic acids is 1. The third kappa shape index (κ3) is 3.28. The van der Waals surface area contributed by atoms with Crippen LogP contribution in [-0.4, -0.2) is 16.1 Å². The number of aryl methyl sites for hydroxylation is 2. The molecule has 0 bridgehead atoms. The van der Waals surface area contributed by atoms with E-state index in [9.17, 15) is 4.79 Å². The minimum atomic E-state index is -0.247. The predicted molar refractivity (Wildman–Crippen MR) is 91.1 cm³/mol. The maximum atomic E-state index is 12.3. The molecular formula is C16H14ClN3O2S. The number of hydrogen-bond donors (Lipinski definition) is 1. The molecule has 118 valence electrons.